The van der Waals surface area contributed by atoms with E-state index >= 15 is 0 Å². The zero-order valence-electron chi connectivity index (χ0n) is 14.9. The maximum absolute atomic E-state index is 9.92. The van der Waals surface area contributed by atoms with E-state index in [1.807, 2.05) is 24.3 Å². The highest BCUT2D eigenvalue weighted by atomic mass is 16.3. The molecule has 2 heteroatoms. The molecule has 0 aliphatic heterocycles. The minimum absolute atomic E-state index is 0.333. The van der Waals surface area contributed by atoms with Crippen LogP contribution in [0.3, 0.4) is 0 Å². The monoisotopic (exact) mass is 326 g/mol. The zero-order valence-corrected chi connectivity index (χ0v) is 14.9. The molecule has 0 radical (unpaired) electrons. The van der Waals surface area contributed by atoms with Crippen LogP contribution in [0, 0.1) is 0 Å². The van der Waals surface area contributed by atoms with Crippen LogP contribution in [-0.4, -0.2) is 10.2 Å². The van der Waals surface area contributed by atoms with E-state index in [-0.39, 0.29) is 0 Å². The minimum atomic E-state index is 0.333. The van der Waals surface area contributed by atoms with E-state index in [2.05, 4.69) is 26.0 Å². The van der Waals surface area contributed by atoms with Crippen molar-refractivity contribution in [2.75, 3.05) is 0 Å². The maximum Gasteiger partial charge on any atom is 0.115 e. The smallest absolute Gasteiger partial charge is 0.115 e. The molecule has 0 amide bonds. The van der Waals surface area contributed by atoms with Crippen molar-refractivity contribution in [1.82, 2.24) is 0 Å². The van der Waals surface area contributed by atoms with Crippen LogP contribution in [0.5, 0.6) is 11.5 Å². The van der Waals surface area contributed by atoms with E-state index in [1.165, 1.54) is 24.0 Å². The van der Waals surface area contributed by atoms with Gasteiger partial charge in [0.25, 0.3) is 0 Å². The van der Waals surface area contributed by atoms with E-state index in [1.54, 1.807) is 12.1 Å². The van der Waals surface area contributed by atoms with Gasteiger partial charge in [-0.2, -0.15) is 0 Å². The third kappa shape index (κ3) is 5.02. The molecule has 0 bridgehead atoms. The topological polar surface area (TPSA) is 40.5 Å². The van der Waals surface area contributed by atoms with Crippen LogP contribution >= 0.6 is 0 Å². The number of phenols is 2. The number of hydrogen-bond donors (Lipinski definition) is 2. The van der Waals surface area contributed by atoms with Gasteiger partial charge in [0, 0.05) is 0 Å². The lowest BCUT2D eigenvalue weighted by Gasteiger charge is -2.28. The molecule has 0 saturated heterocycles. The zero-order chi connectivity index (χ0) is 17.4. The number of hydrogen-bond acceptors (Lipinski definition) is 2. The number of rotatable bonds is 9. The lowest BCUT2D eigenvalue weighted by Crippen LogP contribution is -2.12. The summed E-state index contributed by atoms with van der Waals surface area (Å²) in [5.41, 5.74) is 2.40. The van der Waals surface area contributed by atoms with Crippen molar-refractivity contribution in [1.29, 1.82) is 0 Å². The van der Waals surface area contributed by atoms with Crippen LogP contribution in [0.4, 0.5) is 0 Å². The van der Waals surface area contributed by atoms with E-state index in [0.717, 1.165) is 25.7 Å². The van der Waals surface area contributed by atoms with Crippen molar-refractivity contribution < 1.29 is 10.2 Å². The largest absolute Gasteiger partial charge is 0.508 e. The second-order valence-corrected chi connectivity index (χ2v) is 6.69. The van der Waals surface area contributed by atoms with Crippen molar-refractivity contribution in [3.63, 3.8) is 0 Å². The summed E-state index contributed by atoms with van der Waals surface area (Å²) in [6.45, 7) is 4.43. The summed E-state index contributed by atoms with van der Waals surface area (Å²) < 4.78 is 0. The first-order chi connectivity index (χ1) is 11.7. The van der Waals surface area contributed by atoms with E-state index in [4.69, 9.17) is 0 Å². The summed E-state index contributed by atoms with van der Waals surface area (Å²) in [6, 6.07) is 15.4. The molecule has 0 aliphatic rings. The van der Waals surface area contributed by atoms with Crippen molar-refractivity contribution in [3.8, 4) is 11.5 Å². The van der Waals surface area contributed by atoms with Crippen molar-refractivity contribution in [3.05, 3.63) is 59.7 Å². The highest BCUT2D eigenvalue weighted by Gasteiger charge is 2.24. The van der Waals surface area contributed by atoms with Gasteiger partial charge in [-0.1, -0.05) is 63.8 Å². The van der Waals surface area contributed by atoms with Crippen LogP contribution in [-0.2, 0) is 0 Å². The van der Waals surface area contributed by atoms with Gasteiger partial charge in [-0.25, -0.2) is 0 Å². The Balaban J connectivity index is 2.39. The fourth-order valence-electron chi connectivity index (χ4n) is 3.56. The molecule has 0 heterocycles. The molecule has 130 valence electrons. The fraction of sp³-hybridized carbons (Fsp3) is 0.455. The molecule has 0 fully saturated rings. The molecule has 0 unspecified atom stereocenters. The summed E-state index contributed by atoms with van der Waals surface area (Å²) >= 11 is 0. The van der Waals surface area contributed by atoms with Gasteiger partial charge >= 0.3 is 0 Å². The average molecular weight is 326 g/mol. The second kappa shape index (κ2) is 9.36. The van der Waals surface area contributed by atoms with Gasteiger partial charge < -0.3 is 10.2 Å². The number of phenolic OH excluding ortho intramolecular Hbond substituents is 2. The van der Waals surface area contributed by atoms with Crippen molar-refractivity contribution >= 4 is 0 Å². The van der Waals surface area contributed by atoms with Gasteiger partial charge in [0.1, 0.15) is 11.5 Å². The summed E-state index contributed by atoms with van der Waals surface area (Å²) in [6.07, 6.45) is 6.86. The Hall–Kier alpha value is -1.96. The molecule has 0 aromatic heterocycles. The summed E-state index contributed by atoms with van der Waals surface area (Å²) in [5.74, 6) is 1.40. The van der Waals surface area contributed by atoms with Crippen LogP contribution < -0.4 is 0 Å². The molecule has 2 aromatic rings. The van der Waals surface area contributed by atoms with E-state index in [9.17, 15) is 10.2 Å². The first-order valence-electron chi connectivity index (χ1n) is 9.23. The molecule has 2 nitrogen and oxygen atoms in total. The van der Waals surface area contributed by atoms with Crippen LogP contribution in [0.15, 0.2) is 48.5 Å². The molecule has 0 spiro atoms. The minimum Gasteiger partial charge on any atom is -0.508 e. The standard InChI is InChI=1S/C22H30O2/c1-3-5-13-21(17-9-7-11-19(23)15-17)22(14-6-4-2)18-10-8-12-20(24)16-18/h7-12,15-16,21-24H,3-6,13-14H2,1-2H3/t21-,22+. The molecule has 2 rings (SSSR count). The highest BCUT2D eigenvalue weighted by molar-refractivity contribution is 5.36. The van der Waals surface area contributed by atoms with Crippen LogP contribution in [0.25, 0.3) is 0 Å². The molecule has 2 atom stereocenters. The summed E-state index contributed by atoms with van der Waals surface area (Å²) in [5, 5.41) is 19.8. The van der Waals surface area contributed by atoms with E-state index < -0.39 is 0 Å². The molecule has 2 N–H and O–H groups in total. The highest BCUT2D eigenvalue weighted by Crippen LogP contribution is 2.41. The molecular formula is C22H30O2. The Morgan fingerprint density at radius 2 is 1.12 bits per heavy atom. The summed E-state index contributed by atoms with van der Waals surface area (Å²) in [4.78, 5) is 0. The Morgan fingerprint density at radius 3 is 1.46 bits per heavy atom. The first-order valence-corrected chi connectivity index (χ1v) is 9.23. The second-order valence-electron chi connectivity index (χ2n) is 6.69. The normalized spacial score (nSPS) is 13.6. The van der Waals surface area contributed by atoms with Gasteiger partial charge in [0.05, 0.1) is 0 Å². The van der Waals surface area contributed by atoms with Crippen LogP contribution in [0.2, 0.25) is 0 Å². The predicted molar refractivity (Wildman–Crippen MR) is 101 cm³/mol. The van der Waals surface area contributed by atoms with Gasteiger partial charge in [0.15, 0.2) is 0 Å². The lowest BCUT2D eigenvalue weighted by molar-refractivity contribution is 0.438. The van der Waals surface area contributed by atoms with Crippen LogP contribution in [0.1, 0.15) is 75.3 Å². The molecule has 24 heavy (non-hydrogen) atoms. The Morgan fingerprint density at radius 1 is 0.708 bits per heavy atom. The lowest BCUT2D eigenvalue weighted by atomic mass is 9.76. The Labute approximate surface area is 146 Å². The number of unbranched alkanes of at least 4 members (excludes halogenated alkanes) is 2. The van der Waals surface area contributed by atoms with Gasteiger partial charge in [-0.15, -0.1) is 0 Å². The molecular weight excluding hydrogens is 296 g/mol. The first kappa shape index (κ1) is 18.4. The Kier molecular flexibility index (Phi) is 7.17. The maximum atomic E-state index is 9.92. The Bertz CT molecular complexity index is 565. The van der Waals surface area contributed by atoms with Gasteiger partial charge in [0.2, 0.25) is 0 Å². The quantitative estimate of drug-likeness (QED) is 0.564. The van der Waals surface area contributed by atoms with E-state index in [0.29, 0.717) is 23.3 Å². The number of benzene rings is 2. The third-order valence-electron chi connectivity index (χ3n) is 4.82. The molecule has 2 aromatic carbocycles. The average Bonchev–Trinajstić information content (AvgIpc) is 2.58. The molecule has 0 saturated carbocycles. The fourth-order valence-corrected chi connectivity index (χ4v) is 3.56. The van der Waals surface area contributed by atoms with Gasteiger partial charge in [-0.05, 0) is 60.1 Å². The number of aromatic hydroxyl groups is 2. The van der Waals surface area contributed by atoms with Crippen molar-refractivity contribution in [2.45, 2.75) is 64.2 Å². The predicted octanol–water partition coefficient (Wildman–Crippen LogP) is 6.35. The van der Waals surface area contributed by atoms with Gasteiger partial charge in [-0.3, -0.25) is 0 Å². The molecule has 0 aliphatic carbocycles. The van der Waals surface area contributed by atoms with Crippen molar-refractivity contribution in [2.24, 2.45) is 0 Å². The third-order valence-corrected chi connectivity index (χ3v) is 4.82. The summed E-state index contributed by atoms with van der Waals surface area (Å²) in [7, 11) is 0. The SMILES string of the molecule is CCCC[C@H](c1cccc(O)c1)[C@@H](CCCC)c1cccc(O)c1.